The zero-order chi connectivity index (χ0) is 40.0. The highest BCUT2D eigenvalue weighted by molar-refractivity contribution is 5.70. The van der Waals surface area contributed by atoms with Crippen LogP contribution in [-0.4, -0.2) is 36.4 Å². The van der Waals surface area contributed by atoms with Gasteiger partial charge in [0, 0.05) is 12.8 Å². The first-order valence-corrected chi connectivity index (χ1v) is 24.4. The lowest BCUT2D eigenvalue weighted by molar-refractivity contribution is -0.161. The molecular formula is C50H94O5. The number of allylic oxidation sites excluding steroid dienone is 4. The third-order valence-corrected chi connectivity index (χ3v) is 11.0. The molecule has 0 fully saturated rings. The molecule has 0 aromatic heterocycles. The number of aliphatic hydroxyl groups excluding tert-OH is 1. The van der Waals surface area contributed by atoms with E-state index in [0.717, 1.165) is 44.9 Å². The van der Waals surface area contributed by atoms with Crippen LogP contribution in [0.4, 0.5) is 0 Å². The topological polar surface area (TPSA) is 72.8 Å². The summed E-state index contributed by atoms with van der Waals surface area (Å²) in [5.74, 6) is -0.590. The molecule has 324 valence electrons. The van der Waals surface area contributed by atoms with Gasteiger partial charge in [-0.15, -0.1) is 0 Å². The van der Waals surface area contributed by atoms with Crippen LogP contribution in [0, 0.1) is 0 Å². The highest BCUT2D eigenvalue weighted by Gasteiger charge is 2.16. The van der Waals surface area contributed by atoms with Crippen molar-refractivity contribution in [3.05, 3.63) is 24.3 Å². The Hall–Kier alpha value is -1.62. The third-order valence-electron chi connectivity index (χ3n) is 11.0. The lowest BCUT2D eigenvalue weighted by Crippen LogP contribution is -2.28. The molecule has 1 N–H and O–H groups in total. The fourth-order valence-electron chi connectivity index (χ4n) is 7.25. The number of carbonyl (C=O) groups excluding carboxylic acids is 2. The molecule has 1 unspecified atom stereocenters. The van der Waals surface area contributed by atoms with Gasteiger partial charge < -0.3 is 14.6 Å². The van der Waals surface area contributed by atoms with E-state index in [0.29, 0.717) is 12.8 Å². The van der Waals surface area contributed by atoms with Gasteiger partial charge in [-0.25, -0.2) is 0 Å². The smallest absolute Gasteiger partial charge is 0.306 e. The van der Waals surface area contributed by atoms with E-state index in [1.807, 2.05) is 0 Å². The molecule has 0 aliphatic carbocycles. The Morgan fingerprint density at radius 2 is 0.673 bits per heavy atom. The summed E-state index contributed by atoms with van der Waals surface area (Å²) in [6.45, 7) is 4.13. The average Bonchev–Trinajstić information content (AvgIpc) is 3.19. The van der Waals surface area contributed by atoms with Gasteiger partial charge in [0.15, 0.2) is 6.10 Å². The monoisotopic (exact) mass is 775 g/mol. The maximum Gasteiger partial charge on any atom is 0.306 e. The number of aliphatic hydroxyl groups is 1. The number of carbonyl (C=O) groups is 2. The second-order valence-corrected chi connectivity index (χ2v) is 16.5. The lowest BCUT2D eigenvalue weighted by atomic mass is 10.0. The number of hydrogen-bond acceptors (Lipinski definition) is 5. The molecule has 5 nitrogen and oxygen atoms in total. The van der Waals surface area contributed by atoms with Crippen molar-refractivity contribution in [2.24, 2.45) is 0 Å². The molecule has 0 aromatic rings. The summed E-state index contributed by atoms with van der Waals surface area (Å²) in [4.78, 5) is 24.3. The molecule has 0 saturated heterocycles. The van der Waals surface area contributed by atoms with Crippen LogP contribution in [0.3, 0.4) is 0 Å². The molecule has 0 saturated carbocycles. The summed E-state index contributed by atoms with van der Waals surface area (Å²) in [6.07, 6.45) is 57.1. The van der Waals surface area contributed by atoms with Crippen molar-refractivity contribution in [3.63, 3.8) is 0 Å². The Balaban J connectivity index is 3.42. The van der Waals surface area contributed by atoms with Crippen molar-refractivity contribution in [1.29, 1.82) is 0 Å². The average molecular weight is 775 g/mol. The Morgan fingerprint density at radius 3 is 1.02 bits per heavy atom. The van der Waals surface area contributed by atoms with E-state index in [9.17, 15) is 14.7 Å². The van der Waals surface area contributed by atoms with E-state index >= 15 is 0 Å². The fourth-order valence-corrected chi connectivity index (χ4v) is 7.25. The predicted octanol–water partition coefficient (Wildman–Crippen LogP) is 15.8. The Kier molecular flexibility index (Phi) is 45.4. The second-order valence-electron chi connectivity index (χ2n) is 16.5. The maximum absolute atomic E-state index is 12.2. The highest BCUT2D eigenvalue weighted by Crippen LogP contribution is 2.16. The summed E-state index contributed by atoms with van der Waals surface area (Å²) < 4.78 is 10.6. The second kappa shape index (κ2) is 46.8. The minimum Gasteiger partial charge on any atom is -0.462 e. The van der Waals surface area contributed by atoms with Crippen LogP contribution in [0.1, 0.15) is 264 Å². The van der Waals surface area contributed by atoms with Gasteiger partial charge in [0.25, 0.3) is 0 Å². The van der Waals surface area contributed by atoms with E-state index < -0.39 is 6.10 Å². The standard InChI is InChI=1S/C50H94O5/c1-3-5-7-9-11-13-15-17-18-19-20-21-22-23-24-25-26-27-28-29-30-31-32-33-35-37-39-41-43-45-50(53)55-48(46-51)47-54-49(52)44-42-40-38-36-34-16-14-12-10-8-6-4-2/h12,14,19-20,48,51H,3-11,13,15-18,21-47H2,1-2H3/b14-12-,20-19-. The number of esters is 2. The molecule has 0 bridgehead atoms. The van der Waals surface area contributed by atoms with Crippen molar-refractivity contribution in [2.45, 2.75) is 270 Å². The van der Waals surface area contributed by atoms with Gasteiger partial charge in [-0.05, 0) is 64.2 Å². The van der Waals surface area contributed by atoms with E-state index in [-0.39, 0.29) is 25.2 Å². The van der Waals surface area contributed by atoms with E-state index in [4.69, 9.17) is 9.47 Å². The van der Waals surface area contributed by atoms with Gasteiger partial charge in [-0.2, -0.15) is 0 Å². The van der Waals surface area contributed by atoms with E-state index in [1.165, 1.54) is 193 Å². The van der Waals surface area contributed by atoms with Gasteiger partial charge in [0.1, 0.15) is 6.61 Å². The summed E-state index contributed by atoms with van der Waals surface area (Å²) in [5.41, 5.74) is 0. The maximum atomic E-state index is 12.2. The fraction of sp³-hybridized carbons (Fsp3) is 0.880. The van der Waals surface area contributed by atoms with Crippen LogP contribution in [0.2, 0.25) is 0 Å². The molecule has 1 atom stereocenters. The minimum atomic E-state index is -0.770. The largest absolute Gasteiger partial charge is 0.462 e. The van der Waals surface area contributed by atoms with Crippen molar-refractivity contribution >= 4 is 11.9 Å². The van der Waals surface area contributed by atoms with Crippen LogP contribution in [-0.2, 0) is 19.1 Å². The summed E-state index contributed by atoms with van der Waals surface area (Å²) in [7, 11) is 0. The van der Waals surface area contributed by atoms with Gasteiger partial charge in [0.2, 0.25) is 0 Å². The van der Waals surface area contributed by atoms with Crippen LogP contribution in [0.5, 0.6) is 0 Å². The van der Waals surface area contributed by atoms with Crippen molar-refractivity contribution in [2.75, 3.05) is 13.2 Å². The Bertz CT molecular complexity index is 836. The highest BCUT2D eigenvalue weighted by atomic mass is 16.6. The van der Waals surface area contributed by atoms with Gasteiger partial charge in [-0.3, -0.25) is 9.59 Å². The molecular weight excluding hydrogens is 681 g/mol. The molecule has 0 aliphatic heterocycles. The first-order chi connectivity index (χ1) is 27.1. The van der Waals surface area contributed by atoms with Crippen molar-refractivity contribution < 1.29 is 24.2 Å². The Morgan fingerprint density at radius 1 is 0.400 bits per heavy atom. The number of hydrogen-bond donors (Lipinski definition) is 1. The van der Waals surface area contributed by atoms with Crippen molar-refractivity contribution in [1.82, 2.24) is 0 Å². The molecule has 0 aliphatic rings. The molecule has 0 spiro atoms. The van der Waals surface area contributed by atoms with Gasteiger partial charge >= 0.3 is 11.9 Å². The first-order valence-electron chi connectivity index (χ1n) is 24.4. The van der Waals surface area contributed by atoms with Crippen LogP contribution in [0.15, 0.2) is 24.3 Å². The normalized spacial score (nSPS) is 12.3. The number of ether oxygens (including phenoxy) is 2. The molecule has 0 amide bonds. The summed E-state index contributed by atoms with van der Waals surface area (Å²) in [6, 6.07) is 0. The van der Waals surface area contributed by atoms with Crippen LogP contribution >= 0.6 is 0 Å². The SMILES string of the molecule is CCCCC/C=C\CCCCCCCC(=O)OCC(CO)OC(=O)CCCCCCCCCCCCCCCCCCC/C=C\CCCCCCCCCC. The van der Waals surface area contributed by atoms with Crippen LogP contribution in [0.25, 0.3) is 0 Å². The number of rotatable bonds is 45. The van der Waals surface area contributed by atoms with Crippen molar-refractivity contribution in [3.8, 4) is 0 Å². The molecule has 0 radical (unpaired) electrons. The lowest BCUT2D eigenvalue weighted by Gasteiger charge is -2.15. The minimum absolute atomic E-state index is 0.0659. The molecule has 5 heteroatoms. The van der Waals surface area contributed by atoms with Crippen LogP contribution < -0.4 is 0 Å². The van der Waals surface area contributed by atoms with Gasteiger partial charge in [0.05, 0.1) is 6.61 Å². The molecule has 55 heavy (non-hydrogen) atoms. The molecule has 0 heterocycles. The summed E-state index contributed by atoms with van der Waals surface area (Å²) >= 11 is 0. The van der Waals surface area contributed by atoms with E-state index in [1.54, 1.807) is 0 Å². The van der Waals surface area contributed by atoms with Gasteiger partial charge in [-0.1, -0.05) is 212 Å². The molecule has 0 rings (SSSR count). The zero-order valence-electron chi connectivity index (χ0n) is 37.0. The third kappa shape index (κ3) is 45.0. The first kappa shape index (κ1) is 53.4. The summed E-state index contributed by atoms with van der Waals surface area (Å²) in [5, 5.41) is 9.58. The number of unbranched alkanes of at least 4 members (excludes halogenated alkanes) is 33. The Labute approximate surface area is 343 Å². The molecule has 0 aromatic carbocycles. The zero-order valence-corrected chi connectivity index (χ0v) is 37.0. The predicted molar refractivity (Wildman–Crippen MR) is 238 cm³/mol. The quantitative estimate of drug-likeness (QED) is 0.0379. The van der Waals surface area contributed by atoms with E-state index in [2.05, 4.69) is 38.2 Å².